The van der Waals surface area contributed by atoms with Crippen LogP contribution in [0.2, 0.25) is 5.02 Å². The van der Waals surface area contributed by atoms with Crippen molar-refractivity contribution in [1.82, 2.24) is 15.4 Å². The number of nitrogens with zero attached hydrogens (tertiary/aromatic N) is 1. The average molecular weight is 358 g/mol. The number of nitrogens with one attached hydrogen (secondary N) is 2. The van der Waals surface area contributed by atoms with Crippen LogP contribution in [0.1, 0.15) is 10.4 Å². The third-order valence-corrected chi connectivity index (χ3v) is 3.89. The second-order valence-corrected chi connectivity index (χ2v) is 5.85. The minimum atomic E-state index is -0.469. The van der Waals surface area contributed by atoms with E-state index in [0.29, 0.717) is 16.3 Å². The summed E-state index contributed by atoms with van der Waals surface area (Å²) in [7, 11) is 1.86. The number of hydrogen-bond acceptors (Lipinski definition) is 3. The molecule has 2 amide bonds. The Bertz CT molecular complexity index is 919. The Hall–Kier alpha value is -2.99. The van der Waals surface area contributed by atoms with Crippen LogP contribution < -0.4 is 15.6 Å². The summed E-state index contributed by atoms with van der Waals surface area (Å²) in [4.78, 5) is 24.1. The molecular weight excluding hydrogens is 342 g/mol. The Balaban J connectivity index is 1.56. The monoisotopic (exact) mass is 357 g/mol. The number of benzene rings is 2. The number of aromatic nitrogens is 1. The maximum Gasteiger partial charge on any atom is 0.276 e. The summed E-state index contributed by atoms with van der Waals surface area (Å²) in [6, 6.07) is 14.2. The van der Waals surface area contributed by atoms with E-state index in [4.69, 9.17) is 16.3 Å². The molecule has 1 heterocycles. The molecule has 0 fully saturated rings. The van der Waals surface area contributed by atoms with Crippen LogP contribution in [0.5, 0.6) is 5.75 Å². The Kier molecular flexibility index (Phi) is 4.90. The molecule has 6 nitrogen and oxygen atoms in total. The summed E-state index contributed by atoms with van der Waals surface area (Å²) in [5.41, 5.74) is 6.15. The molecule has 0 aliphatic rings. The van der Waals surface area contributed by atoms with E-state index >= 15 is 0 Å². The highest BCUT2D eigenvalue weighted by Crippen LogP contribution is 2.19. The third kappa shape index (κ3) is 3.92. The number of carbonyl (C=O) groups excluding carboxylic acids is 2. The first-order valence-corrected chi connectivity index (χ1v) is 7.94. The molecule has 0 radical (unpaired) electrons. The van der Waals surface area contributed by atoms with E-state index in [-0.39, 0.29) is 6.61 Å². The fraction of sp³-hybridized carbons (Fsp3) is 0.111. The number of amides is 2. The Morgan fingerprint density at radius 3 is 2.56 bits per heavy atom. The minimum absolute atomic E-state index is 0.225. The number of hydrazine groups is 1. The summed E-state index contributed by atoms with van der Waals surface area (Å²) in [5, 5.41) is 1.40. The summed E-state index contributed by atoms with van der Waals surface area (Å²) in [5.74, 6) is -0.347. The number of rotatable bonds is 4. The molecule has 7 heteroatoms. The van der Waals surface area contributed by atoms with Crippen molar-refractivity contribution in [2.45, 2.75) is 0 Å². The standard InChI is InChI=1S/C18H16ClN3O3/c1-22-10-15(14-4-2-3-5-16(14)22)18(24)21-20-17(23)11-25-13-8-6-12(19)7-9-13/h2-10H,11H2,1H3,(H,20,23)(H,21,24). The summed E-state index contributed by atoms with van der Waals surface area (Å²) in [6.07, 6.45) is 1.72. The molecule has 0 unspecified atom stereocenters. The number of para-hydroxylation sites is 1. The van der Waals surface area contributed by atoms with Crippen molar-refractivity contribution in [2.75, 3.05) is 6.61 Å². The van der Waals surface area contributed by atoms with Crippen LogP contribution in [-0.4, -0.2) is 23.0 Å². The molecule has 1 aromatic heterocycles. The lowest BCUT2D eigenvalue weighted by molar-refractivity contribution is -0.123. The largest absolute Gasteiger partial charge is 0.484 e. The topological polar surface area (TPSA) is 72.4 Å². The van der Waals surface area contributed by atoms with Gasteiger partial charge < -0.3 is 9.30 Å². The van der Waals surface area contributed by atoms with E-state index < -0.39 is 11.8 Å². The molecule has 3 rings (SSSR count). The second kappa shape index (κ2) is 7.27. The van der Waals surface area contributed by atoms with Crippen LogP contribution in [0.15, 0.2) is 54.7 Å². The van der Waals surface area contributed by atoms with Crippen LogP contribution >= 0.6 is 11.6 Å². The van der Waals surface area contributed by atoms with Gasteiger partial charge in [-0.15, -0.1) is 0 Å². The van der Waals surface area contributed by atoms with Gasteiger partial charge in [0.25, 0.3) is 11.8 Å². The third-order valence-electron chi connectivity index (χ3n) is 3.64. The van der Waals surface area contributed by atoms with Gasteiger partial charge in [0, 0.05) is 29.2 Å². The maximum atomic E-state index is 12.3. The molecular formula is C18H16ClN3O3. The molecule has 2 N–H and O–H groups in total. The smallest absolute Gasteiger partial charge is 0.276 e. The molecule has 2 aromatic carbocycles. The Morgan fingerprint density at radius 2 is 1.80 bits per heavy atom. The van der Waals surface area contributed by atoms with E-state index in [1.165, 1.54) is 0 Å². The highest BCUT2D eigenvalue weighted by atomic mass is 35.5. The maximum absolute atomic E-state index is 12.3. The van der Waals surface area contributed by atoms with Crippen molar-refractivity contribution in [3.8, 4) is 5.75 Å². The molecule has 0 bridgehead atoms. The first-order valence-electron chi connectivity index (χ1n) is 7.56. The quantitative estimate of drug-likeness (QED) is 0.705. The summed E-state index contributed by atoms with van der Waals surface area (Å²) in [6.45, 7) is -0.225. The van der Waals surface area contributed by atoms with Crippen molar-refractivity contribution < 1.29 is 14.3 Å². The highest BCUT2D eigenvalue weighted by Gasteiger charge is 2.14. The van der Waals surface area contributed by atoms with Gasteiger partial charge in [0.1, 0.15) is 5.75 Å². The Labute approximate surface area is 149 Å². The lowest BCUT2D eigenvalue weighted by atomic mass is 10.2. The molecule has 128 valence electrons. The van der Waals surface area contributed by atoms with Gasteiger partial charge in [0.15, 0.2) is 6.61 Å². The lowest BCUT2D eigenvalue weighted by Crippen LogP contribution is -2.43. The predicted octanol–water partition coefficient (Wildman–Crippen LogP) is 2.67. The summed E-state index contributed by atoms with van der Waals surface area (Å²) >= 11 is 5.78. The molecule has 0 saturated carbocycles. The fourth-order valence-electron chi connectivity index (χ4n) is 2.43. The van der Waals surface area contributed by atoms with Crippen LogP contribution in [-0.2, 0) is 11.8 Å². The molecule has 0 saturated heterocycles. The molecule has 25 heavy (non-hydrogen) atoms. The first-order chi connectivity index (χ1) is 12.0. The zero-order valence-corrected chi connectivity index (χ0v) is 14.2. The number of hydrogen-bond donors (Lipinski definition) is 2. The van der Waals surface area contributed by atoms with Crippen LogP contribution in [0.4, 0.5) is 0 Å². The van der Waals surface area contributed by atoms with Gasteiger partial charge in [-0.25, -0.2) is 0 Å². The first kappa shape index (κ1) is 16.9. The van der Waals surface area contributed by atoms with Gasteiger partial charge >= 0.3 is 0 Å². The molecule has 0 aliphatic heterocycles. The highest BCUT2D eigenvalue weighted by molar-refractivity contribution is 6.30. The summed E-state index contributed by atoms with van der Waals surface area (Å²) < 4.78 is 7.17. The van der Waals surface area contributed by atoms with E-state index in [2.05, 4.69) is 10.9 Å². The number of aryl methyl sites for hydroxylation is 1. The molecule has 0 atom stereocenters. The van der Waals surface area contributed by atoms with Crippen LogP contribution in [0, 0.1) is 0 Å². The van der Waals surface area contributed by atoms with Gasteiger partial charge in [-0.05, 0) is 30.3 Å². The average Bonchev–Trinajstić information content (AvgIpc) is 2.96. The van der Waals surface area contributed by atoms with Crippen LogP contribution in [0.3, 0.4) is 0 Å². The number of fused-ring (bicyclic) bond motifs is 1. The van der Waals surface area contributed by atoms with E-state index in [0.717, 1.165) is 10.9 Å². The normalized spacial score (nSPS) is 10.5. The van der Waals surface area contributed by atoms with Gasteiger partial charge in [-0.1, -0.05) is 29.8 Å². The van der Waals surface area contributed by atoms with Gasteiger partial charge in [0.05, 0.1) is 5.56 Å². The van der Waals surface area contributed by atoms with E-state index in [1.807, 2.05) is 35.9 Å². The second-order valence-electron chi connectivity index (χ2n) is 5.42. The van der Waals surface area contributed by atoms with Crippen molar-refractivity contribution in [3.05, 3.63) is 65.3 Å². The van der Waals surface area contributed by atoms with Gasteiger partial charge in [0.2, 0.25) is 0 Å². The van der Waals surface area contributed by atoms with Gasteiger partial charge in [-0.3, -0.25) is 20.4 Å². The van der Waals surface area contributed by atoms with E-state index in [9.17, 15) is 9.59 Å². The van der Waals surface area contributed by atoms with Crippen LogP contribution in [0.25, 0.3) is 10.9 Å². The molecule has 3 aromatic rings. The zero-order chi connectivity index (χ0) is 17.8. The predicted molar refractivity (Wildman–Crippen MR) is 95.5 cm³/mol. The van der Waals surface area contributed by atoms with Crippen molar-refractivity contribution in [3.63, 3.8) is 0 Å². The van der Waals surface area contributed by atoms with Crippen molar-refractivity contribution in [1.29, 1.82) is 0 Å². The number of ether oxygens (including phenoxy) is 1. The van der Waals surface area contributed by atoms with E-state index in [1.54, 1.807) is 30.5 Å². The molecule has 0 aliphatic carbocycles. The minimum Gasteiger partial charge on any atom is -0.484 e. The SMILES string of the molecule is Cn1cc(C(=O)NNC(=O)COc2ccc(Cl)cc2)c2ccccc21. The van der Waals surface area contributed by atoms with Crippen molar-refractivity contribution in [2.24, 2.45) is 7.05 Å². The number of halogens is 1. The fourth-order valence-corrected chi connectivity index (χ4v) is 2.56. The lowest BCUT2D eigenvalue weighted by Gasteiger charge is -2.08. The Morgan fingerprint density at radius 1 is 1.08 bits per heavy atom. The van der Waals surface area contributed by atoms with Gasteiger partial charge in [-0.2, -0.15) is 0 Å². The molecule has 0 spiro atoms. The zero-order valence-electron chi connectivity index (χ0n) is 13.5. The van der Waals surface area contributed by atoms with Crippen molar-refractivity contribution >= 4 is 34.3 Å². The number of carbonyl (C=O) groups is 2.